The van der Waals surface area contributed by atoms with Crippen molar-refractivity contribution in [2.75, 3.05) is 9.80 Å². The lowest BCUT2D eigenvalue weighted by Gasteiger charge is -2.46. The molecule has 0 atom stereocenters. The van der Waals surface area contributed by atoms with E-state index in [1.807, 2.05) is 11.3 Å². The monoisotopic (exact) mass is 1030 g/mol. The first kappa shape index (κ1) is 47.3. The van der Waals surface area contributed by atoms with Crippen LogP contribution in [-0.2, 0) is 11.8 Å². The normalized spacial score (nSPS) is 12.9. The fourth-order valence-electron chi connectivity index (χ4n) is 13.1. The molecule has 4 heterocycles. The standard InChI is InChI=1S/C74H58BN3S/c1-5-6-23-52-42-60-59-32-18-21-37-70(59)79-71(60)47-66(52)77-65-41-38-51(48-24-10-7-11-25-48)43-62(65)75-61-40-39-54(76-63-35-19-16-30-57(63)58-31-17-20-36-64(58)76)46-67(61)78(69-45-53(74(2,3)4)44-68(77)72(69)75)73-55(49-26-12-8-13-27-49)33-22-34-56(73)50-28-14-9-15-29-50/h7-22,24-47H,5-6,23H2,1-4H3. The van der Waals surface area contributed by atoms with Crippen LogP contribution >= 0.6 is 11.3 Å². The predicted molar refractivity (Wildman–Crippen MR) is 341 cm³/mol. The second-order valence-electron chi connectivity index (χ2n) is 22.6. The van der Waals surface area contributed by atoms with Crippen LogP contribution < -0.4 is 26.2 Å². The summed E-state index contributed by atoms with van der Waals surface area (Å²) >= 11 is 1.91. The molecule has 0 saturated carbocycles. The van der Waals surface area contributed by atoms with Crippen molar-refractivity contribution in [3.63, 3.8) is 0 Å². The number of thiophene rings is 1. The first-order valence-corrected chi connectivity index (χ1v) is 28.9. The van der Waals surface area contributed by atoms with E-state index in [2.05, 4.69) is 285 Å². The van der Waals surface area contributed by atoms with Gasteiger partial charge in [-0.3, -0.25) is 0 Å². The van der Waals surface area contributed by atoms with E-state index in [9.17, 15) is 0 Å². The van der Waals surface area contributed by atoms with E-state index in [1.165, 1.54) is 131 Å². The quantitative estimate of drug-likeness (QED) is 0.134. The number of unbranched alkanes of at least 4 members (excludes halogenated alkanes) is 1. The molecule has 0 aliphatic carbocycles. The molecule has 0 fully saturated rings. The number of hydrogen-bond donors (Lipinski definition) is 0. The molecule has 11 aromatic carbocycles. The number of rotatable bonds is 9. The van der Waals surface area contributed by atoms with E-state index in [0.29, 0.717) is 0 Å². The third-order valence-corrected chi connectivity index (χ3v) is 18.0. The third kappa shape index (κ3) is 7.62. The zero-order chi connectivity index (χ0) is 52.9. The largest absolute Gasteiger partial charge is 0.311 e. The van der Waals surface area contributed by atoms with Crippen LogP contribution in [0.2, 0.25) is 0 Å². The Morgan fingerprint density at radius 1 is 0.418 bits per heavy atom. The van der Waals surface area contributed by atoms with Crippen molar-refractivity contribution < 1.29 is 0 Å². The molecule has 5 heteroatoms. The van der Waals surface area contributed by atoms with Crippen LogP contribution in [0, 0.1) is 0 Å². The summed E-state index contributed by atoms with van der Waals surface area (Å²) in [6.45, 7) is 9.37. The number of nitrogens with zero attached hydrogens (tertiary/aromatic N) is 3. The fraction of sp³-hybridized carbons (Fsp3) is 0.108. The summed E-state index contributed by atoms with van der Waals surface area (Å²) in [4.78, 5) is 5.39. The van der Waals surface area contributed by atoms with Crippen LogP contribution in [-0.4, -0.2) is 11.3 Å². The molecule has 0 N–H and O–H groups in total. The Morgan fingerprint density at radius 2 is 1.01 bits per heavy atom. The number of aryl methyl sites for hydroxylation is 1. The van der Waals surface area contributed by atoms with E-state index in [-0.39, 0.29) is 12.1 Å². The lowest BCUT2D eigenvalue weighted by Crippen LogP contribution is -2.61. The van der Waals surface area contributed by atoms with Gasteiger partial charge >= 0.3 is 0 Å². The summed E-state index contributed by atoms with van der Waals surface area (Å²) in [6.07, 6.45) is 3.20. The first-order valence-electron chi connectivity index (χ1n) is 28.1. The zero-order valence-corrected chi connectivity index (χ0v) is 45.9. The van der Waals surface area contributed by atoms with Crippen LogP contribution in [0.4, 0.5) is 34.1 Å². The van der Waals surface area contributed by atoms with Crippen molar-refractivity contribution in [1.29, 1.82) is 0 Å². The van der Waals surface area contributed by atoms with Gasteiger partial charge in [-0.2, -0.15) is 0 Å². The van der Waals surface area contributed by atoms with E-state index in [4.69, 9.17) is 0 Å². The Kier molecular flexibility index (Phi) is 11.2. The minimum atomic E-state index is -0.206. The van der Waals surface area contributed by atoms with E-state index >= 15 is 0 Å². The van der Waals surface area contributed by atoms with Crippen LogP contribution in [0.25, 0.3) is 81.0 Å². The Balaban J connectivity index is 1.10. The second-order valence-corrected chi connectivity index (χ2v) is 23.7. The molecule has 2 aliphatic rings. The number of benzene rings is 11. The molecule has 79 heavy (non-hydrogen) atoms. The Bertz CT molecular complexity index is 4420. The molecule has 0 bridgehead atoms. The third-order valence-electron chi connectivity index (χ3n) is 16.9. The van der Waals surface area contributed by atoms with Crippen LogP contribution in [0.15, 0.2) is 243 Å². The molecule has 2 aliphatic heterocycles. The van der Waals surface area contributed by atoms with Gasteiger partial charge in [-0.05, 0) is 129 Å². The van der Waals surface area contributed by atoms with Gasteiger partial charge in [0.15, 0.2) is 0 Å². The summed E-state index contributed by atoms with van der Waals surface area (Å²) < 4.78 is 5.13. The average Bonchev–Trinajstić information content (AvgIpc) is 4.14. The molecule has 0 saturated heterocycles. The number of aromatic nitrogens is 1. The Hall–Kier alpha value is -8.90. The van der Waals surface area contributed by atoms with Gasteiger partial charge in [0.05, 0.1) is 22.4 Å². The molecular formula is C74H58BN3S. The lowest BCUT2D eigenvalue weighted by molar-refractivity contribution is 0.590. The Labute approximate surface area is 467 Å². The van der Waals surface area contributed by atoms with Gasteiger partial charge in [-0.15, -0.1) is 11.3 Å². The molecule has 378 valence electrons. The van der Waals surface area contributed by atoms with Crippen molar-refractivity contribution >= 4 is 111 Å². The highest BCUT2D eigenvalue weighted by Gasteiger charge is 2.45. The van der Waals surface area contributed by atoms with E-state index in [1.54, 1.807) is 0 Å². The highest BCUT2D eigenvalue weighted by atomic mass is 32.1. The van der Waals surface area contributed by atoms with Crippen molar-refractivity contribution in [2.45, 2.75) is 52.4 Å². The summed E-state index contributed by atoms with van der Waals surface area (Å²) in [7, 11) is 0. The summed E-state index contributed by atoms with van der Waals surface area (Å²) in [5.74, 6) is 0. The molecule has 0 amide bonds. The molecule has 3 nitrogen and oxygen atoms in total. The molecular weight excluding hydrogens is 974 g/mol. The van der Waals surface area contributed by atoms with Crippen molar-refractivity contribution in [2.24, 2.45) is 0 Å². The zero-order valence-electron chi connectivity index (χ0n) is 45.0. The predicted octanol–water partition coefficient (Wildman–Crippen LogP) is 18.9. The molecule has 0 unspecified atom stereocenters. The highest BCUT2D eigenvalue weighted by Crippen LogP contribution is 2.53. The topological polar surface area (TPSA) is 11.4 Å². The smallest absolute Gasteiger partial charge is 0.252 e. The van der Waals surface area contributed by atoms with Gasteiger partial charge < -0.3 is 14.4 Å². The van der Waals surface area contributed by atoms with Gasteiger partial charge in [0.1, 0.15) is 0 Å². The van der Waals surface area contributed by atoms with Gasteiger partial charge in [0.25, 0.3) is 6.71 Å². The van der Waals surface area contributed by atoms with Gasteiger partial charge in [0, 0.05) is 70.5 Å². The minimum Gasteiger partial charge on any atom is -0.311 e. The Morgan fingerprint density at radius 3 is 1.66 bits per heavy atom. The van der Waals surface area contributed by atoms with Gasteiger partial charge in [0.2, 0.25) is 0 Å². The number of hydrogen-bond acceptors (Lipinski definition) is 3. The summed E-state index contributed by atoms with van der Waals surface area (Å²) in [6, 6.07) is 91.7. The van der Waals surface area contributed by atoms with Crippen LogP contribution in [0.5, 0.6) is 0 Å². The minimum absolute atomic E-state index is 0.108. The maximum Gasteiger partial charge on any atom is 0.252 e. The first-order chi connectivity index (χ1) is 38.8. The van der Waals surface area contributed by atoms with Gasteiger partial charge in [-0.25, -0.2) is 0 Å². The average molecular weight is 1030 g/mol. The maximum atomic E-state index is 2.69. The van der Waals surface area contributed by atoms with Gasteiger partial charge in [-0.1, -0.05) is 216 Å². The molecule has 13 aromatic rings. The molecule has 2 aromatic heterocycles. The van der Waals surface area contributed by atoms with Crippen LogP contribution in [0.1, 0.15) is 51.7 Å². The number of fused-ring (bicyclic) bond motifs is 10. The number of para-hydroxylation sites is 3. The number of anilines is 6. The summed E-state index contributed by atoms with van der Waals surface area (Å²) in [5, 5.41) is 5.19. The SMILES string of the molecule is CCCCc1cc2c(cc1N1c3ccc(-c4ccccc4)cc3B3c4ccc(-n5c6ccccc6c6ccccc65)cc4N(c4c(-c5ccccc5)cccc4-c4ccccc4)c4cc(C(C)(C)C)cc1c43)sc1ccccc12. The fourth-order valence-corrected chi connectivity index (χ4v) is 14.3. The van der Waals surface area contributed by atoms with Crippen molar-refractivity contribution in [1.82, 2.24) is 4.57 Å². The van der Waals surface area contributed by atoms with Crippen LogP contribution in [0.3, 0.4) is 0 Å². The van der Waals surface area contributed by atoms with E-state index in [0.717, 1.165) is 30.6 Å². The second kappa shape index (κ2) is 18.6. The lowest BCUT2D eigenvalue weighted by atomic mass is 9.33. The molecule has 0 spiro atoms. The van der Waals surface area contributed by atoms with Crippen molar-refractivity contribution in [3.8, 4) is 39.1 Å². The molecule has 0 radical (unpaired) electrons. The highest BCUT2D eigenvalue weighted by molar-refractivity contribution is 7.25. The molecule has 15 rings (SSSR count). The van der Waals surface area contributed by atoms with E-state index < -0.39 is 0 Å². The summed E-state index contributed by atoms with van der Waals surface area (Å²) in [5.41, 5.74) is 24.3. The van der Waals surface area contributed by atoms with Crippen molar-refractivity contribution in [3.05, 3.63) is 254 Å². The maximum absolute atomic E-state index is 2.69.